The number of rotatable bonds is 5. The molecule has 6 nitrogen and oxygen atoms in total. The van der Waals surface area contributed by atoms with Crippen molar-refractivity contribution in [2.45, 2.75) is 32.1 Å². The summed E-state index contributed by atoms with van der Waals surface area (Å²) in [7, 11) is 2.95. The normalized spacial score (nSPS) is 13.3. The van der Waals surface area contributed by atoms with Gasteiger partial charge in [-0.05, 0) is 12.8 Å². The van der Waals surface area contributed by atoms with E-state index in [-0.39, 0.29) is 16.3 Å². The van der Waals surface area contributed by atoms with Gasteiger partial charge in [0.1, 0.15) is 4.90 Å². The fraction of sp³-hybridized carbons (Fsp3) is 0.636. The summed E-state index contributed by atoms with van der Waals surface area (Å²) in [5.74, 6) is -0.131. The fourth-order valence-corrected chi connectivity index (χ4v) is 3.06. The molecule has 1 unspecified atom stereocenters. The summed E-state index contributed by atoms with van der Waals surface area (Å²) in [5.41, 5.74) is 0.105. The van der Waals surface area contributed by atoms with E-state index >= 15 is 0 Å². The zero-order valence-corrected chi connectivity index (χ0v) is 13.0. The molecule has 1 N–H and O–H groups in total. The molecule has 1 aromatic heterocycles. The zero-order chi connectivity index (χ0) is 14.8. The van der Waals surface area contributed by atoms with E-state index in [0.717, 1.165) is 6.42 Å². The Bertz CT molecular complexity index is 568. The van der Waals surface area contributed by atoms with Crippen LogP contribution in [-0.4, -0.2) is 43.0 Å². The van der Waals surface area contributed by atoms with Gasteiger partial charge >= 0.3 is 0 Å². The Labute approximate surface area is 117 Å². The van der Waals surface area contributed by atoms with E-state index in [1.165, 1.54) is 11.8 Å². The molecule has 0 saturated heterocycles. The van der Waals surface area contributed by atoms with Crippen molar-refractivity contribution in [2.24, 2.45) is 5.92 Å². The lowest BCUT2D eigenvalue weighted by atomic mass is 10.1. The molecular weight excluding hydrogens is 290 g/mol. The maximum atomic E-state index is 12.2. The van der Waals surface area contributed by atoms with Gasteiger partial charge in [-0.2, -0.15) is 5.10 Å². The molecule has 0 fully saturated rings. The van der Waals surface area contributed by atoms with Crippen LogP contribution in [0.5, 0.6) is 0 Å². The van der Waals surface area contributed by atoms with Crippen LogP contribution in [0.3, 0.4) is 0 Å². The van der Waals surface area contributed by atoms with Crippen molar-refractivity contribution in [3.8, 4) is 0 Å². The highest BCUT2D eigenvalue weighted by molar-refractivity contribution is 8.13. The average molecular weight is 308 g/mol. The van der Waals surface area contributed by atoms with Crippen LogP contribution in [0.4, 0.5) is 0 Å². The van der Waals surface area contributed by atoms with Crippen molar-refractivity contribution >= 4 is 25.6 Å². The Balaban J connectivity index is 3.08. The van der Waals surface area contributed by atoms with Crippen molar-refractivity contribution in [3.05, 3.63) is 11.4 Å². The Hall–Kier alpha value is -1.08. The summed E-state index contributed by atoms with van der Waals surface area (Å²) < 4.78 is 23.0. The number of halogens is 1. The van der Waals surface area contributed by atoms with Crippen LogP contribution in [0.25, 0.3) is 0 Å². The number of hydrogen-bond donors (Lipinski definition) is 1. The van der Waals surface area contributed by atoms with Crippen molar-refractivity contribution in [1.29, 1.82) is 0 Å². The molecule has 0 aromatic carbocycles. The van der Waals surface area contributed by atoms with Gasteiger partial charge in [-0.3, -0.25) is 9.89 Å². The van der Waals surface area contributed by atoms with Gasteiger partial charge in [0.05, 0.1) is 5.69 Å². The molecule has 0 saturated carbocycles. The summed E-state index contributed by atoms with van der Waals surface area (Å²) in [6.07, 6.45) is 0.928. The summed E-state index contributed by atoms with van der Waals surface area (Å²) in [6.45, 7) is 6.08. The maximum absolute atomic E-state index is 12.2. The van der Waals surface area contributed by atoms with Gasteiger partial charge in [-0.15, -0.1) is 0 Å². The van der Waals surface area contributed by atoms with Gasteiger partial charge in [-0.1, -0.05) is 20.3 Å². The lowest BCUT2D eigenvalue weighted by molar-refractivity contribution is 0.0765. The lowest BCUT2D eigenvalue weighted by Crippen LogP contribution is -2.31. The predicted octanol–water partition coefficient (Wildman–Crippen LogP) is 1.76. The quantitative estimate of drug-likeness (QED) is 0.840. The van der Waals surface area contributed by atoms with Gasteiger partial charge in [0, 0.05) is 24.3 Å². The third-order valence-corrected chi connectivity index (χ3v) is 4.42. The third kappa shape index (κ3) is 3.70. The Kier molecular flexibility index (Phi) is 4.98. The van der Waals surface area contributed by atoms with E-state index in [4.69, 9.17) is 10.7 Å². The van der Waals surface area contributed by atoms with Crippen LogP contribution >= 0.6 is 10.7 Å². The van der Waals surface area contributed by atoms with Crippen LogP contribution in [0.15, 0.2) is 4.90 Å². The molecule has 0 radical (unpaired) electrons. The molecule has 108 valence electrons. The van der Waals surface area contributed by atoms with E-state index in [9.17, 15) is 13.2 Å². The SMILES string of the molecule is CCC(C)CN(C)C(=O)c1n[nH]c(C)c1S(=O)(=O)Cl. The van der Waals surface area contributed by atoms with Crippen molar-refractivity contribution < 1.29 is 13.2 Å². The minimum Gasteiger partial charge on any atom is -0.340 e. The molecule has 1 atom stereocenters. The van der Waals surface area contributed by atoms with Gasteiger partial charge in [0.2, 0.25) is 0 Å². The molecule has 8 heteroatoms. The number of amides is 1. The molecule has 0 bridgehead atoms. The van der Waals surface area contributed by atoms with Gasteiger partial charge in [-0.25, -0.2) is 8.42 Å². The Morgan fingerprint density at radius 2 is 2.11 bits per heavy atom. The number of aromatic amines is 1. The highest BCUT2D eigenvalue weighted by Gasteiger charge is 2.28. The first-order valence-electron chi connectivity index (χ1n) is 5.93. The third-order valence-electron chi connectivity index (χ3n) is 2.97. The van der Waals surface area contributed by atoms with Crippen molar-refractivity contribution in [1.82, 2.24) is 15.1 Å². The fourth-order valence-electron chi connectivity index (χ4n) is 1.72. The van der Waals surface area contributed by atoms with E-state index in [0.29, 0.717) is 12.5 Å². The minimum absolute atomic E-state index is 0.154. The summed E-state index contributed by atoms with van der Waals surface area (Å²) in [6, 6.07) is 0. The summed E-state index contributed by atoms with van der Waals surface area (Å²) >= 11 is 0. The summed E-state index contributed by atoms with van der Waals surface area (Å²) in [5, 5.41) is 6.24. The first kappa shape index (κ1) is 16.0. The maximum Gasteiger partial charge on any atom is 0.275 e. The van der Waals surface area contributed by atoms with Gasteiger partial charge < -0.3 is 4.90 Å². The number of carbonyl (C=O) groups excluding carboxylic acids is 1. The highest BCUT2D eigenvalue weighted by Crippen LogP contribution is 2.23. The monoisotopic (exact) mass is 307 g/mol. The van der Waals surface area contributed by atoms with E-state index in [1.54, 1.807) is 7.05 Å². The number of nitrogens with one attached hydrogen (secondary N) is 1. The molecule has 1 aromatic rings. The second-order valence-corrected chi connectivity index (χ2v) is 7.17. The number of carbonyl (C=O) groups is 1. The molecule has 0 aliphatic heterocycles. The molecule has 19 heavy (non-hydrogen) atoms. The van der Waals surface area contributed by atoms with E-state index in [1.807, 2.05) is 13.8 Å². The smallest absolute Gasteiger partial charge is 0.275 e. The molecular formula is C11H18ClN3O3S. The predicted molar refractivity (Wildman–Crippen MR) is 72.8 cm³/mol. The Morgan fingerprint density at radius 1 is 1.53 bits per heavy atom. The molecule has 1 amide bonds. The second kappa shape index (κ2) is 5.92. The topological polar surface area (TPSA) is 83.1 Å². The second-order valence-electron chi connectivity index (χ2n) is 4.66. The van der Waals surface area contributed by atoms with Gasteiger partial charge in [0.15, 0.2) is 5.69 Å². The first-order chi connectivity index (χ1) is 8.68. The number of H-pyrrole nitrogens is 1. The molecule has 0 aliphatic rings. The van der Waals surface area contributed by atoms with Crippen LogP contribution in [0.1, 0.15) is 36.5 Å². The number of hydrogen-bond acceptors (Lipinski definition) is 4. The van der Waals surface area contributed by atoms with E-state index in [2.05, 4.69) is 10.2 Å². The van der Waals surface area contributed by atoms with Crippen molar-refractivity contribution in [2.75, 3.05) is 13.6 Å². The van der Waals surface area contributed by atoms with Gasteiger partial charge in [0.25, 0.3) is 15.0 Å². The van der Waals surface area contributed by atoms with Crippen LogP contribution < -0.4 is 0 Å². The average Bonchev–Trinajstić information content (AvgIpc) is 2.69. The highest BCUT2D eigenvalue weighted by atomic mass is 35.7. The van der Waals surface area contributed by atoms with Crippen LogP contribution in [0, 0.1) is 12.8 Å². The number of aryl methyl sites for hydroxylation is 1. The first-order valence-corrected chi connectivity index (χ1v) is 8.24. The van der Waals surface area contributed by atoms with E-state index < -0.39 is 15.0 Å². The zero-order valence-electron chi connectivity index (χ0n) is 11.4. The Morgan fingerprint density at radius 3 is 2.58 bits per heavy atom. The van der Waals surface area contributed by atoms with Crippen LogP contribution in [0.2, 0.25) is 0 Å². The number of aromatic nitrogens is 2. The van der Waals surface area contributed by atoms with Crippen LogP contribution in [-0.2, 0) is 9.05 Å². The molecule has 1 rings (SSSR count). The minimum atomic E-state index is -4.00. The molecule has 1 heterocycles. The number of nitrogens with zero attached hydrogens (tertiary/aromatic N) is 2. The standard InChI is InChI=1S/C11H18ClN3O3S/c1-5-7(2)6-15(4)11(16)9-10(19(12,17)18)8(3)13-14-9/h7H,5-6H2,1-4H3,(H,13,14). The lowest BCUT2D eigenvalue weighted by Gasteiger charge is -2.20. The largest absolute Gasteiger partial charge is 0.340 e. The summed E-state index contributed by atoms with van der Waals surface area (Å²) in [4.78, 5) is 13.4. The van der Waals surface area contributed by atoms with Crippen molar-refractivity contribution in [3.63, 3.8) is 0 Å². The molecule has 0 spiro atoms. The molecule has 0 aliphatic carbocycles.